The van der Waals surface area contributed by atoms with E-state index < -0.39 is 0 Å². The van der Waals surface area contributed by atoms with Crippen molar-refractivity contribution in [3.05, 3.63) is 23.5 Å². The molecule has 19 heavy (non-hydrogen) atoms. The number of nitrogens with two attached hydrogens (primary N) is 1. The van der Waals surface area contributed by atoms with Gasteiger partial charge in [0, 0.05) is 17.0 Å². The van der Waals surface area contributed by atoms with E-state index in [0.29, 0.717) is 11.7 Å². The Labute approximate surface area is 113 Å². The summed E-state index contributed by atoms with van der Waals surface area (Å²) in [7, 11) is 0. The van der Waals surface area contributed by atoms with E-state index in [0.717, 1.165) is 17.3 Å². The molecular weight excluding hydrogens is 236 g/mol. The minimum Gasteiger partial charge on any atom is -0.384 e. The van der Waals surface area contributed by atoms with E-state index in [-0.39, 0.29) is 5.41 Å². The van der Waals surface area contributed by atoms with E-state index in [9.17, 15) is 0 Å². The molecular formula is C15H20N4. The smallest absolute Gasteiger partial charge is 0.161 e. The third-order valence-corrected chi connectivity index (χ3v) is 4.80. The number of fused-ring (bicyclic) bond motifs is 1. The van der Waals surface area contributed by atoms with E-state index in [1.165, 1.54) is 31.2 Å². The Bertz CT molecular complexity index is 647. The lowest BCUT2D eigenvalue weighted by molar-refractivity contribution is 0.441. The average molecular weight is 256 g/mol. The van der Waals surface area contributed by atoms with Gasteiger partial charge in [-0.2, -0.15) is 9.61 Å². The summed E-state index contributed by atoms with van der Waals surface area (Å²) in [5, 5.41) is 4.39. The molecule has 2 aromatic rings. The van der Waals surface area contributed by atoms with Gasteiger partial charge < -0.3 is 5.73 Å². The molecule has 2 aliphatic carbocycles. The van der Waals surface area contributed by atoms with Crippen LogP contribution in [-0.2, 0) is 5.41 Å². The Hall–Kier alpha value is -1.58. The highest BCUT2D eigenvalue weighted by Crippen LogP contribution is 2.47. The van der Waals surface area contributed by atoms with Gasteiger partial charge in [0.15, 0.2) is 5.65 Å². The molecule has 0 saturated heterocycles. The molecule has 0 amide bonds. The Morgan fingerprint density at radius 2 is 2.00 bits per heavy atom. The average Bonchev–Trinajstić information content (AvgIpc) is 3.25. The monoisotopic (exact) mass is 256 g/mol. The zero-order valence-electron chi connectivity index (χ0n) is 11.6. The highest BCUT2D eigenvalue weighted by Gasteiger charge is 2.40. The van der Waals surface area contributed by atoms with Gasteiger partial charge in [0.05, 0.1) is 11.9 Å². The van der Waals surface area contributed by atoms with E-state index in [4.69, 9.17) is 10.7 Å². The van der Waals surface area contributed by atoms with Gasteiger partial charge in [-0.1, -0.05) is 13.8 Å². The summed E-state index contributed by atoms with van der Waals surface area (Å²) in [6.07, 6.45) is 7.10. The Morgan fingerprint density at radius 3 is 2.63 bits per heavy atom. The molecule has 2 aliphatic rings. The molecule has 0 unspecified atom stereocenters. The maximum Gasteiger partial charge on any atom is 0.161 e. The molecule has 0 bridgehead atoms. The van der Waals surface area contributed by atoms with Crippen LogP contribution in [0.15, 0.2) is 12.3 Å². The fourth-order valence-electron chi connectivity index (χ4n) is 3.03. The normalized spacial score (nSPS) is 20.1. The lowest BCUT2D eigenvalue weighted by Gasteiger charge is -2.24. The van der Waals surface area contributed by atoms with Gasteiger partial charge in [-0.05, 0) is 37.5 Å². The number of nitrogens with zero attached hydrogens (tertiary/aromatic N) is 3. The van der Waals surface area contributed by atoms with Crippen molar-refractivity contribution in [3.63, 3.8) is 0 Å². The maximum absolute atomic E-state index is 6.17. The summed E-state index contributed by atoms with van der Waals surface area (Å²) in [4.78, 5) is 4.91. The molecule has 2 aromatic heterocycles. The predicted molar refractivity (Wildman–Crippen MR) is 75.1 cm³/mol. The summed E-state index contributed by atoms with van der Waals surface area (Å²) in [6, 6.07) is 2.01. The predicted octanol–water partition coefficient (Wildman–Crippen LogP) is 2.88. The number of aromatic nitrogens is 3. The topological polar surface area (TPSA) is 56.2 Å². The Kier molecular flexibility index (Phi) is 2.07. The van der Waals surface area contributed by atoms with E-state index in [2.05, 4.69) is 18.9 Å². The largest absolute Gasteiger partial charge is 0.384 e. The molecule has 0 radical (unpaired) electrons. The summed E-state index contributed by atoms with van der Waals surface area (Å²) >= 11 is 0. The Balaban J connectivity index is 1.90. The molecule has 100 valence electrons. The van der Waals surface area contributed by atoms with Gasteiger partial charge in [0.25, 0.3) is 0 Å². The molecule has 2 saturated carbocycles. The van der Waals surface area contributed by atoms with Crippen LogP contribution in [0, 0.1) is 5.92 Å². The van der Waals surface area contributed by atoms with E-state index in [1.54, 1.807) is 4.52 Å². The van der Waals surface area contributed by atoms with Crippen LogP contribution < -0.4 is 5.73 Å². The number of nitrogen functional groups attached to an aromatic ring is 1. The molecule has 4 rings (SSSR count). The van der Waals surface area contributed by atoms with Crippen molar-refractivity contribution in [1.82, 2.24) is 14.6 Å². The first-order valence-electron chi connectivity index (χ1n) is 7.22. The highest BCUT2D eigenvalue weighted by molar-refractivity contribution is 5.56. The van der Waals surface area contributed by atoms with Crippen LogP contribution in [0.5, 0.6) is 0 Å². The zero-order chi connectivity index (χ0) is 13.2. The van der Waals surface area contributed by atoms with Gasteiger partial charge >= 0.3 is 0 Å². The van der Waals surface area contributed by atoms with Crippen molar-refractivity contribution in [3.8, 4) is 0 Å². The third-order valence-electron chi connectivity index (χ3n) is 4.80. The molecule has 2 fully saturated rings. The molecule has 0 aliphatic heterocycles. The van der Waals surface area contributed by atoms with E-state index >= 15 is 0 Å². The second-order valence-corrected chi connectivity index (χ2v) is 6.67. The minimum atomic E-state index is 0.126. The van der Waals surface area contributed by atoms with Gasteiger partial charge in [0.1, 0.15) is 5.82 Å². The number of hydrogen-bond acceptors (Lipinski definition) is 3. The van der Waals surface area contributed by atoms with Crippen LogP contribution in [0.2, 0.25) is 0 Å². The summed E-state index contributed by atoms with van der Waals surface area (Å²) < 4.78 is 1.79. The van der Waals surface area contributed by atoms with Crippen molar-refractivity contribution in [2.45, 2.75) is 50.9 Å². The quantitative estimate of drug-likeness (QED) is 0.918. The zero-order valence-corrected chi connectivity index (χ0v) is 11.6. The van der Waals surface area contributed by atoms with Gasteiger partial charge in [0.2, 0.25) is 0 Å². The van der Waals surface area contributed by atoms with Crippen LogP contribution in [0.1, 0.15) is 56.7 Å². The fraction of sp³-hybridized carbons (Fsp3) is 0.600. The second kappa shape index (κ2) is 3.50. The lowest BCUT2D eigenvalue weighted by Crippen LogP contribution is -2.22. The van der Waals surface area contributed by atoms with Crippen LogP contribution in [0.4, 0.5) is 5.82 Å². The minimum absolute atomic E-state index is 0.126. The molecule has 4 nitrogen and oxygen atoms in total. The van der Waals surface area contributed by atoms with Gasteiger partial charge in [-0.25, -0.2) is 4.98 Å². The molecule has 0 aromatic carbocycles. The molecule has 0 atom stereocenters. The molecule has 2 heterocycles. The Morgan fingerprint density at radius 1 is 1.26 bits per heavy atom. The summed E-state index contributed by atoms with van der Waals surface area (Å²) in [5.41, 5.74) is 9.68. The lowest BCUT2D eigenvalue weighted by atomic mass is 9.83. The van der Waals surface area contributed by atoms with Crippen LogP contribution in [-0.4, -0.2) is 14.6 Å². The summed E-state index contributed by atoms with van der Waals surface area (Å²) in [6.45, 7) is 4.58. The van der Waals surface area contributed by atoms with E-state index in [1.807, 2.05) is 12.3 Å². The SMILES string of the molecule is CC(C)(c1cc(N)n2ncc(C3CC3)c2n1)C1CC1. The third kappa shape index (κ3) is 1.66. The molecule has 2 N–H and O–H groups in total. The van der Waals surface area contributed by atoms with Gasteiger partial charge in [-0.15, -0.1) is 0 Å². The van der Waals surface area contributed by atoms with Crippen LogP contribution >= 0.6 is 0 Å². The van der Waals surface area contributed by atoms with Crippen molar-refractivity contribution in [1.29, 1.82) is 0 Å². The van der Waals surface area contributed by atoms with Crippen LogP contribution in [0.3, 0.4) is 0 Å². The van der Waals surface area contributed by atoms with Crippen molar-refractivity contribution in [2.75, 3.05) is 5.73 Å². The molecule has 4 heteroatoms. The summed E-state index contributed by atoms with van der Waals surface area (Å²) in [5.74, 6) is 2.12. The number of rotatable bonds is 3. The van der Waals surface area contributed by atoms with Crippen molar-refractivity contribution in [2.24, 2.45) is 5.92 Å². The van der Waals surface area contributed by atoms with Crippen LogP contribution in [0.25, 0.3) is 5.65 Å². The van der Waals surface area contributed by atoms with Crippen molar-refractivity contribution >= 4 is 11.5 Å². The van der Waals surface area contributed by atoms with Gasteiger partial charge in [-0.3, -0.25) is 0 Å². The highest BCUT2D eigenvalue weighted by atomic mass is 15.3. The standard InChI is InChI=1S/C15H20N4/c1-15(2,10-5-6-10)12-7-13(16)19-14(18-12)11(8-17-19)9-3-4-9/h7-10H,3-6,16H2,1-2H3. The number of hydrogen-bond donors (Lipinski definition) is 1. The fourth-order valence-corrected chi connectivity index (χ4v) is 3.03. The number of anilines is 1. The first-order valence-corrected chi connectivity index (χ1v) is 7.22. The first kappa shape index (κ1) is 11.3. The second-order valence-electron chi connectivity index (χ2n) is 6.67. The van der Waals surface area contributed by atoms with Crippen molar-refractivity contribution < 1.29 is 0 Å². The maximum atomic E-state index is 6.17. The molecule has 0 spiro atoms. The first-order chi connectivity index (χ1) is 9.07.